The molecule has 0 unspecified atom stereocenters. The van der Waals surface area contributed by atoms with Crippen molar-refractivity contribution in [1.29, 1.82) is 0 Å². The lowest BCUT2D eigenvalue weighted by molar-refractivity contribution is -0.122. The van der Waals surface area contributed by atoms with Gasteiger partial charge in [0.2, 0.25) is 5.91 Å². The minimum Gasteiger partial charge on any atom is -0.350 e. The maximum atomic E-state index is 14.9. The fraction of sp³-hybridized carbons (Fsp3) is 0.0870. The number of nitrogens with zero attached hydrogens (tertiary/aromatic N) is 4. The lowest BCUT2D eigenvalue weighted by atomic mass is 10.1. The van der Waals surface area contributed by atoms with Gasteiger partial charge in [-0.25, -0.2) is 4.39 Å². The van der Waals surface area contributed by atoms with Gasteiger partial charge in [0.1, 0.15) is 5.82 Å². The van der Waals surface area contributed by atoms with Gasteiger partial charge in [0.25, 0.3) is 5.91 Å². The summed E-state index contributed by atoms with van der Waals surface area (Å²) in [7, 11) is 0. The summed E-state index contributed by atoms with van der Waals surface area (Å²) < 4.78 is 18.6. The largest absolute Gasteiger partial charge is 0.350 e. The van der Waals surface area contributed by atoms with E-state index in [1.807, 2.05) is 30.3 Å². The molecule has 0 fully saturated rings. The van der Waals surface area contributed by atoms with Crippen LogP contribution < -0.4 is 10.2 Å². The van der Waals surface area contributed by atoms with Crippen molar-refractivity contribution in [3.05, 3.63) is 107 Å². The topological polar surface area (TPSA) is 88.1 Å². The highest BCUT2D eigenvalue weighted by atomic mass is 32.1. The van der Waals surface area contributed by atoms with Crippen LogP contribution in [0.25, 0.3) is 0 Å². The smallest absolute Gasteiger partial charge is 0.280 e. The Hall–Kier alpha value is -3.98. The molecular weight excluding hydrogens is 429 g/mol. The molecule has 0 aliphatic heterocycles. The third-order valence-electron chi connectivity index (χ3n) is 4.69. The normalized spacial score (nSPS) is 11.5. The van der Waals surface area contributed by atoms with E-state index in [-0.39, 0.29) is 23.6 Å². The summed E-state index contributed by atoms with van der Waals surface area (Å²) >= 11 is 0.990. The van der Waals surface area contributed by atoms with Crippen molar-refractivity contribution in [2.75, 3.05) is 4.90 Å². The summed E-state index contributed by atoms with van der Waals surface area (Å²) in [5.41, 5.74) is 1.12. The molecule has 1 atom stereocenters. The molecule has 0 aliphatic carbocycles. The van der Waals surface area contributed by atoms with E-state index in [4.69, 9.17) is 0 Å². The van der Waals surface area contributed by atoms with Crippen LogP contribution in [0.1, 0.15) is 27.8 Å². The van der Waals surface area contributed by atoms with Gasteiger partial charge in [0, 0.05) is 18.1 Å². The Morgan fingerprint density at radius 2 is 1.75 bits per heavy atom. The molecule has 2 aromatic heterocycles. The van der Waals surface area contributed by atoms with E-state index in [0.29, 0.717) is 0 Å². The number of amides is 2. The Kier molecular flexibility index (Phi) is 6.57. The quantitative estimate of drug-likeness (QED) is 0.466. The molecule has 4 rings (SSSR count). The van der Waals surface area contributed by atoms with E-state index >= 15 is 0 Å². The zero-order valence-electron chi connectivity index (χ0n) is 16.8. The molecule has 0 bridgehead atoms. The summed E-state index contributed by atoms with van der Waals surface area (Å²) in [6.07, 6.45) is 1.52. The van der Waals surface area contributed by atoms with Gasteiger partial charge in [0.15, 0.2) is 11.7 Å². The Balaban J connectivity index is 1.77. The monoisotopic (exact) mass is 447 g/mol. The van der Waals surface area contributed by atoms with Crippen LogP contribution in [0, 0.1) is 5.82 Å². The first-order valence-electron chi connectivity index (χ1n) is 9.73. The van der Waals surface area contributed by atoms with E-state index < -0.39 is 23.7 Å². The molecule has 9 heteroatoms. The van der Waals surface area contributed by atoms with Gasteiger partial charge in [-0.2, -0.15) is 0 Å². The number of hydrogen-bond acceptors (Lipinski definition) is 6. The van der Waals surface area contributed by atoms with Crippen molar-refractivity contribution in [3.63, 3.8) is 0 Å². The number of rotatable bonds is 7. The minimum atomic E-state index is -1.23. The molecule has 0 spiro atoms. The third-order valence-corrected chi connectivity index (χ3v) is 5.20. The van der Waals surface area contributed by atoms with E-state index in [1.54, 1.807) is 24.3 Å². The first-order valence-corrected chi connectivity index (χ1v) is 10.6. The highest BCUT2D eigenvalue weighted by molar-refractivity contribution is 7.03. The SMILES string of the molecule is O=C(NCc1ccccc1)[C@H](c1ccccn1)N(C(=O)c1csnn1)c1ccccc1F. The molecule has 4 aromatic rings. The Morgan fingerprint density at radius 3 is 2.44 bits per heavy atom. The Morgan fingerprint density at radius 1 is 1.00 bits per heavy atom. The number of nitrogens with one attached hydrogen (secondary N) is 1. The van der Waals surface area contributed by atoms with Crippen LogP contribution in [0.3, 0.4) is 0 Å². The predicted octanol–water partition coefficient (Wildman–Crippen LogP) is 3.78. The molecule has 2 amide bonds. The number of pyridine rings is 1. The van der Waals surface area contributed by atoms with Crippen LogP contribution in [0.4, 0.5) is 10.1 Å². The predicted molar refractivity (Wildman–Crippen MR) is 118 cm³/mol. The molecule has 32 heavy (non-hydrogen) atoms. The van der Waals surface area contributed by atoms with E-state index in [9.17, 15) is 14.0 Å². The van der Waals surface area contributed by atoms with Crippen molar-refractivity contribution < 1.29 is 14.0 Å². The Bertz CT molecular complexity index is 1190. The van der Waals surface area contributed by atoms with Gasteiger partial charge in [-0.3, -0.25) is 19.5 Å². The Labute approximate surface area is 187 Å². The molecule has 0 aliphatic rings. The maximum absolute atomic E-state index is 14.9. The van der Waals surface area contributed by atoms with Gasteiger partial charge in [-0.05, 0) is 41.4 Å². The average Bonchev–Trinajstić information content (AvgIpc) is 3.38. The molecular formula is C23H18FN5O2S. The molecule has 0 radical (unpaired) electrons. The van der Waals surface area contributed by atoms with Crippen molar-refractivity contribution in [2.24, 2.45) is 0 Å². The second-order valence-electron chi connectivity index (χ2n) is 6.78. The van der Waals surface area contributed by atoms with Gasteiger partial charge in [0.05, 0.1) is 11.4 Å². The first-order chi connectivity index (χ1) is 15.6. The molecule has 1 N–H and O–H groups in total. The summed E-state index contributed by atoms with van der Waals surface area (Å²) in [6, 6.07) is 18.9. The van der Waals surface area contributed by atoms with Crippen LogP contribution in [0.15, 0.2) is 84.4 Å². The molecule has 0 saturated carbocycles. The van der Waals surface area contributed by atoms with Crippen molar-refractivity contribution in [2.45, 2.75) is 12.6 Å². The summed E-state index contributed by atoms with van der Waals surface area (Å²) in [5.74, 6) is -1.82. The minimum absolute atomic E-state index is 0.00930. The molecule has 2 heterocycles. The van der Waals surface area contributed by atoms with Crippen LogP contribution in [-0.2, 0) is 11.3 Å². The fourth-order valence-corrected chi connectivity index (χ4v) is 3.63. The van der Waals surface area contributed by atoms with Gasteiger partial charge in [-0.15, -0.1) is 5.10 Å². The number of halogens is 1. The summed E-state index contributed by atoms with van der Waals surface area (Å²) in [5, 5.41) is 8.11. The molecule has 7 nitrogen and oxygen atoms in total. The first kappa shape index (κ1) is 21.3. The van der Waals surface area contributed by atoms with Gasteiger partial charge in [-0.1, -0.05) is 53.0 Å². The van der Waals surface area contributed by atoms with Crippen molar-refractivity contribution >= 4 is 29.0 Å². The van der Waals surface area contributed by atoms with E-state index in [1.165, 1.54) is 29.8 Å². The second-order valence-corrected chi connectivity index (χ2v) is 7.39. The number of para-hydroxylation sites is 1. The zero-order valence-corrected chi connectivity index (χ0v) is 17.6. The van der Waals surface area contributed by atoms with Crippen LogP contribution in [-0.4, -0.2) is 26.4 Å². The third kappa shape index (κ3) is 4.68. The highest BCUT2D eigenvalue weighted by Crippen LogP contribution is 2.30. The lowest BCUT2D eigenvalue weighted by Crippen LogP contribution is -2.44. The summed E-state index contributed by atoms with van der Waals surface area (Å²) in [6.45, 7) is 0.237. The molecule has 0 saturated heterocycles. The summed E-state index contributed by atoms with van der Waals surface area (Å²) in [4.78, 5) is 32.2. The molecule has 2 aromatic carbocycles. The van der Waals surface area contributed by atoms with Crippen LogP contribution in [0.2, 0.25) is 0 Å². The van der Waals surface area contributed by atoms with E-state index in [0.717, 1.165) is 22.0 Å². The maximum Gasteiger partial charge on any atom is 0.280 e. The molecule has 160 valence electrons. The van der Waals surface area contributed by atoms with Gasteiger partial charge < -0.3 is 5.32 Å². The average molecular weight is 447 g/mol. The standard InChI is InChI=1S/C23H18FN5O2S/c24-17-10-4-5-12-20(17)29(23(31)19-15-32-28-27-19)21(18-11-6-7-13-25-18)22(30)26-14-16-8-2-1-3-9-16/h1-13,15,21H,14H2,(H,26,30)/t21-/m0/s1. The number of carbonyl (C=O) groups is 2. The zero-order chi connectivity index (χ0) is 22.3. The van der Waals surface area contributed by atoms with Crippen molar-refractivity contribution in [3.8, 4) is 0 Å². The van der Waals surface area contributed by atoms with E-state index in [2.05, 4.69) is 19.9 Å². The number of hydrogen-bond donors (Lipinski definition) is 1. The number of benzene rings is 2. The van der Waals surface area contributed by atoms with Crippen LogP contribution >= 0.6 is 11.5 Å². The number of aromatic nitrogens is 3. The highest BCUT2D eigenvalue weighted by Gasteiger charge is 2.36. The number of carbonyl (C=O) groups excluding carboxylic acids is 2. The van der Waals surface area contributed by atoms with Crippen molar-refractivity contribution in [1.82, 2.24) is 19.9 Å². The van der Waals surface area contributed by atoms with Crippen LogP contribution in [0.5, 0.6) is 0 Å². The number of anilines is 1. The lowest BCUT2D eigenvalue weighted by Gasteiger charge is -2.30. The second kappa shape index (κ2) is 9.88. The van der Waals surface area contributed by atoms with Gasteiger partial charge >= 0.3 is 0 Å². The fourth-order valence-electron chi connectivity index (χ4n) is 3.20.